The van der Waals surface area contributed by atoms with Gasteiger partial charge in [-0.1, -0.05) is 6.07 Å². The molecule has 4 nitrogen and oxygen atoms in total. The highest BCUT2D eigenvalue weighted by atomic mass is 19.1. The van der Waals surface area contributed by atoms with Crippen LogP contribution in [0, 0.1) is 11.6 Å². The molecule has 0 unspecified atom stereocenters. The molecule has 1 saturated carbocycles. The zero-order chi connectivity index (χ0) is 20.2. The molecule has 1 aromatic heterocycles. The molecular weight excluding hydrogens is 374 g/mol. The summed E-state index contributed by atoms with van der Waals surface area (Å²) in [7, 11) is 0. The highest BCUT2D eigenvalue weighted by Crippen LogP contribution is 2.37. The van der Waals surface area contributed by atoms with Crippen LogP contribution in [-0.2, 0) is 6.61 Å². The van der Waals surface area contributed by atoms with Crippen LogP contribution in [0.5, 0.6) is 5.75 Å². The van der Waals surface area contributed by atoms with Gasteiger partial charge in [-0.25, -0.2) is 8.78 Å². The predicted molar refractivity (Wildman–Crippen MR) is 105 cm³/mol. The Balaban J connectivity index is 1.27. The van der Waals surface area contributed by atoms with E-state index in [2.05, 4.69) is 10.3 Å². The normalized spacial score (nSPS) is 18.0. The number of amides is 1. The Hall–Kier alpha value is -3.28. The van der Waals surface area contributed by atoms with Gasteiger partial charge in [-0.3, -0.25) is 9.78 Å². The number of hydrogen-bond donors (Lipinski definition) is 1. The van der Waals surface area contributed by atoms with Crippen molar-refractivity contribution >= 4 is 5.91 Å². The molecule has 0 radical (unpaired) electrons. The van der Waals surface area contributed by atoms with Gasteiger partial charge in [0.2, 0.25) is 0 Å². The average Bonchev–Trinajstić information content (AvgIpc) is 2.69. The van der Waals surface area contributed by atoms with E-state index in [1.54, 1.807) is 36.7 Å². The number of nitrogens with one attached hydrogen (secondary N) is 1. The number of pyridine rings is 1. The van der Waals surface area contributed by atoms with Crippen molar-refractivity contribution in [1.82, 2.24) is 10.3 Å². The molecule has 4 rings (SSSR count). The van der Waals surface area contributed by atoms with Crippen molar-refractivity contribution in [2.24, 2.45) is 0 Å². The van der Waals surface area contributed by atoms with E-state index in [4.69, 9.17) is 4.74 Å². The number of ether oxygens (including phenoxy) is 1. The third kappa shape index (κ3) is 4.77. The fraction of sp³-hybridized carbons (Fsp3) is 0.217. The molecule has 1 heterocycles. The SMILES string of the molecule is O=C(NC1CC(c2cc(F)cc(F)c2)C1)c1ccc(OCc2cccnc2)cc1. The van der Waals surface area contributed by atoms with Crippen LogP contribution < -0.4 is 10.1 Å². The Morgan fingerprint density at radius 2 is 1.79 bits per heavy atom. The summed E-state index contributed by atoms with van der Waals surface area (Å²) in [6, 6.07) is 14.3. The Bertz CT molecular complexity index is 967. The Morgan fingerprint density at radius 3 is 2.45 bits per heavy atom. The first-order valence-electron chi connectivity index (χ1n) is 9.45. The number of benzene rings is 2. The second kappa shape index (κ2) is 8.39. The smallest absolute Gasteiger partial charge is 0.251 e. The minimum Gasteiger partial charge on any atom is -0.489 e. The standard InChI is InChI=1S/C23H20F2N2O2/c24-19-8-17(9-20(25)12-19)18-10-21(11-18)27-23(28)16-3-5-22(6-4-16)29-14-15-2-1-7-26-13-15/h1-9,12-13,18,21H,10-11,14H2,(H,27,28). The third-order valence-corrected chi connectivity index (χ3v) is 5.07. The van der Waals surface area contributed by atoms with E-state index < -0.39 is 11.6 Å². The molecule has 0 saturated heterocycles. The summed E-state index contributed by atoms with van der Waals surface area (Å²) in [4.78, 5) is 16.4. The van der Waals surface area contributed by atoms with Crippen LogP contribution in [0.1, 0.15) is 40.2 Å². The zero-order valence-corrected chi connectivity index (χ0v) is 15.6. The number of hydrogen-bond acceptors (Lipinski definition) is 3. The monoisotopic (exact) mass is 394 g/mol. The van der Waals surface area contributed by atoms with Crippen molar-refractivity contribution < 1.29 is 18.3 Å². The minimum atomic E-state index is -0.571. The van der Waals surface area contributed by atoms with Crippen LogP contribution >= 0.6 is 0 Å². The molecule has 1 amide bonds. The van der Waals surface area contributed by atoms with E-state index in [9.17, 15) is 13.6 Å². The third-order valence-electron chi connectivity index (χ3n) is 5.07. The van der Waals surface area contributed by atoms with Gasteiger partial charge < -0.3 is 10.1 Å². The fourth-order valence-electron chi connectivity index (χ4n) is 3.44. The summed E-state index contributed by atoms with van der Waals surface area (Å²) in [5.41, 5.74) is 2.15. The summed E-state index contributed by atoms with van der Waals surface area (Å²) < 4.78 is 32.4. The maximum atomic E-state index is 13.3. The number of carbonyl (C=O) groups is 1. The van der Waals surface area contributed by atoms with E-state index in [1.807, 2.05) is 12.1 Å². The average molecular weight is 394 g/mol. The molecule has 0 spiro atoms. The largest absolute Gasteiger partial charge is 0.489 e. The fourth-order valence-corrected chi connectivity index (χ4v) is 3.44. The zero-order valence-electron chi connectivity index (χ0n) is 15.6. The second-order valence-corrected chi connectivity index (χ2v) is 7.22. The summed E-state index contributed by atoms with van der Waals surface area (Å²) >= 11 is 0. The number of nitrogens with zero attached hydrogens (tertiary/aromatic N) is 1. The molecule has 0 bridgehead atoms. The van der Waals surface area contributed by atoms with E-state index in [1.165, 1.54) is 12.1 Å². The quantitative estimate of drug-likeness (QED) is 0.664. The number of rotatable bonds is 6. The lowest BCUT2D eigenvalue weighted by Gasteiger charge is -2.36. The highest BCUT2D eigenvalue weighted by Gasteiger charge is 2.32. The second-order valence-electron chi connectivity index (χ2n) is 7.22. The van der Waals surface area contributed by atoms with Gasteiger partial charge in [-0.2, -0.15) is 0 Å². The van der Waals surface area contributed by atoms with Crippen LogP contribution in [0.15, 0.2) is 67.0 Å². The van der Waals surface area contributed by atoms with Gasteiger partial charge >= 0.3 is 0 Å². The predicted octanol–water partition coefficient (Wildman–Crippen LogP) is 4.61. The highest BCUT2D eigenvalue weighted by molar-refractivity contribution is 5.94. The Labute approximate surface area is 167 Å². The minimum absolute atomic E-state index is 0.000311. The molecule has 1 aliphatic rings. The molecule has 6 heteroatoms. The van der Waals surface area contributed by atoms with E-state index in [0.717, 1.165) is 11.6 Å². The van der Waals surface area contributed by atoms with Crippen molar-refractivity contribution in [3.05, 3.63) is 95.3 Å². The van der Waals surface area contributed by atoms with Crippen molar-refractivity contribution in [3.63, 3.8) is 0 Å². The molecule has 3 aromatic rings. The summed E-state index contributed by atoms with van der Waals surface area (Å²) in [5.74, 6) is -0.578. The molecule has 1 aliphatic carbocycles. The van der Waals surface area contributed by atoms with Gasteiger partial charge in [-0.05, 0) is 66.8 Å². The van der Waals surface area contributed by atoms with Crippen LogP contribution in [0.3, 0.4) is 0 Å². The van der Waals surface area contributed by atoms with Crippen LogP contribution in [0.25, 0.3) is 0 Å². The topological polar surface area (TPSA) is 51.2 Å². The lowest BCUT2D eigenvalue weighted by molar-refractivity contribution is 0.0908. The molecule has 1 fully saturated rings. The summed E-state index contributed by atoms with van der Waals surface area (Å²) in [5, 5.41) is 2.96. The molecule has 2 aromatic carbocycles. The first-order chi connectivity index (χ1) is 14.1. The molecule has 0 atom stereocenters. The van der Waals surface area contributed by atoms with E-state index in [-0.39, 0.29) is 17.9 Å². The maximum absolute atomic E-state index is 13.3. The summed E-state index contributed by atoms with van der Waals surface area (Å²) in [6.07, 6.45) is 4.78. The first-order valence-corrected chi connectivity index (χ1v) is 9.45. The number of halogens is 2. The van der Waals surface area contributed by atoms with Gasteiger partial charge in [0.1, 0.15) is 24.0 Å². The molecular formula is C23H20F2N2O2. The van der Waals surface area contributed by atoms with Crippen molar-refractivity contribution in [2.75, 3.05) is 0 Å². The Kier molecular flexibility index (Phi) is 5.51. The Morgan fingerprint density at radius 1 is 1.07 bits per heavy atom. The lowest BCUT2D eigenvalue weighted by atomic mass is 9.75. The van der Waals surface area contributed by atoms with Crippen molar-refractivity contribution in [1.29, 1.82) is 0 Å². The van der Waals surface area contributed by atoms with E-state index >= 15 is 0 Å². The van der Waals surface area contributed by atoms with Gasteiger partial charge in [0, 0.05) is 35.6 Å². The van der Waals surface area contributed by atoms with Gasteiger partial charge in [0.25, 0.3) is 5.91 Å². The summed E-state index contributed by atoms with van der Waals surface area (Å²) in [6.45, 7) is 0.406. The number of aromatic nitrogens is 1. The first kappa shape index (κ1) is 19.1. The van der Waals surface area contributed by atoms with Gasteiger partial charge in [0.05, 0.1) is 0 Å². The van der Waals surface area contributed by atoms with Crippen molar-refractivity contribution in [3.8, 4) is 5.75 Å². The lowest BCUT2D eigenvalue weighted by Crippen LogP contribution is -2.43. The van der Waals surface area contributed by atoms with Crippen LogP contribution in [-0.4, -0.2) is 16.9 Å². The van der Waals surface area contributed by atoms with Crippen molar-refractivity contribution in [2.45, 2.75) is 31.4 Å². The number of carbonyl (C=O) groups excluding carboxylic acids is 1. The van der Waals surface area contributed by atoms with E-state index in [0.29, 0.717) is 36.3 Å². The molecule has 148 valence electrons. The van der Waals surface area contributed by atoms with Crippen LogP contribution in [0.2, 0.25) is 0 Å². The van der Waals surface area contributed by atoms with Gasteiger partial charge in [-0.15, -0.1) is 0 Å². The molecule has 1 N–H and O–H groups in total. The molecule has 0 aliphatic heterocycles. The van der Waals surface area contributed by atoms with Gasteiger partial charge in [0.15, 0.2) is 0 Å². The maximum Gasteiger partial charge on any atom is 0.251 e. The van der Waals surface area contributed by atoms with Crippen LogP contribution in [0.4, 0.5) is 8.78 Å². The molecule has 29 heavy (non-hydrogen) atoms.